The Kier molecular flexibility index (Phi) is 4.77. The number of nitrogens with two attached hydrogens (primary N) is 2. The average Bonchev–Trinajstić information content (AvgIpc) is 3.06. The van der Waals surface area contributed by atoms with E-state index in [1.54, 1.807) is 0 Å². The molecule has 1 aromatic heterocycles. The Hall–Kier alpha value is -2.03. The van der Waals surface area contributed by atoms with Crippen molar-refractivity contribution < 1.29 is 22.0 Å². The number of hydrogen-bond donors (Lipinski definition) is 3. The molecular formula is C11H17N7O5S2. The summed E-state index contributed by atoms with van der Waals surface area (Å²) >= 11 is 1.35. The second-order valence-electron chi connectivity index (χ2n) is 5.60. The van der Waals surface area contributed by atoms with Gasteiger partial charge in [-0.3, -0.25) is 9.55 Å². The van der Waals surface area contributed by atoms with Crippen LogP contribution in [0, 0.1) is 0 Å². The van der Waals surface area contributed by atoms with Crippen LogP contribution in [0.25, 0.3) is 0 Å². The fraction of sp³-hybridized carbons (Fsp3) is 0.636. The van der Waals surface area contributed by atoms with E-state index in [9.17, 15) is 13.2 Å². The SMILES string of the molecule is NC(N)=NCCc1nnc(C2CCC3CN2C(=O)N3OS(=O)(=O)O)s1. The third kappa shape index (κ3) is 3.97. The van der Waals surface area contributed by atoms with Gasteiger partial charge < -0.3 is 16.4 Å². The van der Waals surface area contributed by atoms with Crippen LogP contribution in [0.2, 0.25) is 0 Å². The highest BCUT2D eigenvalue weighted by Crippen LogP contribution is 2.39. The van der Waals surface area contributed by atoms with Gasteiger partial charge in [0.05, 0.1) is 12.1 Å². The molecule has 2 saturated heterocycles. The molecular weight excluding hydrogens is 374 g/mol. The molecule has 0 spiro atoms. The lowest BCUT2D eigenvalue weighted by Crippen LogP contribution is -2.35. The highest BCUT2D eigenvalue weighted by atomic mass is 32.3. The van der Waals surface area contributed by atoms with Crippen molar-refractivity contribution in [1.82, 2.24) is 20.2 Å². The fourth-order valence-electron chi connectivity index (χ4n) is 2.87. The van der Waals surface area contributed by atoms with Gasteiger partial charge in [0, 0.05) is 19.5 Å². The topological polar surface area (TPSA) is 177 Å². The standard InChI is InChI=1S/C11H17N7O5S2/c12-10(13)14-4-3-8-15-16-9(24-8)7-2-1-6-5-17(7)11(19)18(6)23-25(20,21)22/h6-7H,1-5H2,(H4,12,13,14)(H,20,21,22). The van der Waals surface area contributed by atoms with Gasteiger partial charge >= 0.3 is 16.4 Å². The Morgan fingerprint density at radius 2 is 2.16 bits per heavy atom. The van der Waals surface area contributed by atoms with Gasteiger partial charge in [-0.05, 0) is 12.8 Å². The summed E-state index contributed by atoms with van der Waals surface area (Å²) in [6.07, 6.45) is 1.63. The number of fused-ring (bicyclic) bond motifs is 2. The van der Waals surface area contributed by atoms with E-state index in [4.69, 9.17) is 16.0 Å². The van der Waals surface area contributed by atoms with Crippen molar-refractivity contribution in [2.75, 3.05) is 13.1 Å². The quantitative estimate of drug-likeness (QED) is 0.312. The van der Waals surface area contributed by atoms with Crippen LogP contribution < -0.4 is 11.5 Å². The zero-order valence-electron chi connectivity index (χ0n) is 13.0. The highest BCUT2D eigenvalue weighted by Gasteiger charge is 2.48. The molecule has 0 saturated carbocycles. The molecule has 3 rings (SSSR count). The van der Waals surface area contributed by atoms with E-state index in [2.05, 4.69) is 19.5 Å². The Balaban J connectivity index is 1.70. The molecule has 2 fully saturated rings. The van der Waals surface area contributed by atoms with Crippen molar-refractivity contribution in [2.45, 2.75) is 31.3 Å². The molecule has 25 heavy (non-hydrogen) atoms. The molecule has 2 aliphatic rings. The number of carbonyl (C=O) groups excluding carboxylic acids is 1. The number of rotatable bonds is 6. The summed E-state index contributed by atoms with van der Waals surface area (Å²) in [7, 11) is -4.75. The Morgan fingerprint density at radius 1 is 1.40 bits per heavy atom. The smallest absolute Gasteiger partial charge is 0.370 e. The largest absolute Gasteiger partial charge is 0.418 e. The summed E-state index contributed by atoms with van der Waals surface area (Å²) in [5, 5.41) is 10.3. The molecule has 14 heteroatoms. The molecule has 12 nitrogen and oxygen atoms in total. The van der Waals surface area contributed by atoms with Gasteiger partial charge in [-0.1, -0.05) is 11.3 Å². The maximum atomic E-state index is 12.4. The molecule has 0 aromatic carbocycles. The van der Waals surface area contributed by atoms with Gasteiger partial charge in [-0.15, -0.1) is 14.5 Å². The number of nitrogens with zero attached hydrogens (tertiary/aromatic N) is 5. The van der Waals surface area contributed by atoms with E-state index in [1.807, 2.05) is 0 Å². The molecule has 3 heterocycles. The van der Waals surface area contributed by atoms with Crippen molar-refractivity contribution >= 4 is 33.7 Å². The fourth-order valence-corrected chi connectivity index (χ4v) is 4.24. The summed E-state index contributed by atoms with van der Waals surface area (Å²) in [5.41, 5.74) is 10.5. The number of carbonyl (C=O) groups is 1. The van der Waals surface area contributed by atoms with Crippen LogP contribution in [0.15, 0.2) is 4.99 Å². The van der Waals surface area contributed by atoms with E-state index in [1.165, 1.54) is 16.2 Å². The maximum absolute atomic E-state index is 12.4. The second kappa shape index (κ2) is 6.70. The maximum Gasteiger partial charge on any atom is 0.418 e. The monoisotopic (exact) mass is 391 g/mol. The number of guanidine groups is 1. The van der Waals surface area contributed by atoms with Crippen molar-refractivity contribution in [3.05, 3.63) is 10.0 Å². The van der Waals surface area contributed by atoms with Crippen LogP contribution >= 0.6 is 11.3 Å². The summed E-state index contributed by atoms with van der Waals surface area (Å²) < 4.78 is 35.0. The Bertz CT molecular complexity index is 790. The first-order valence-corrected chi connectivity index (χ1v) is 9.57. The molecule has 0 radical (unpaired) electrons. The van der Waals surface area contributed by atoms with Crippen LogP contribution in [0.3, 0.4) is 0 Å². The first-order valence-electron chi connectivity index (χ1n) is 7.39. The van der Waals surface area contributed by atoms with Crippen molar-refractivity contribution in [2.24, 2.45) is 16.5 Å². The molecule has 2 aliphatic heterocycles. The molecule has 138 valence electrons. The molecule has 5 N–H and O–H groups in total. The van der Waals surface area contributed by atoms with Crippen molar-refractivity contribution in [3.63, 3.8) is 0 Å². The van der Waals surface area contributed by atoms with Gasteiger partial charge in [0.1, 0.15) is 10.0 Å². The lowest BCUT2D eigenvalue weighted by atomic mass is 10.0. The van der Waals surface area contributed by atoms with Crippen LogP contribution in [-0.2, 0) is 21.1 Å². The second-order valence-corrected chi connectivity index (χ2v) is 7.70. The van der Waals surface area contributed by atoms with E-state index in [0.717, 1.165) is 5.01 Å². The van der Waals surface area contributed by atoms with Gasteiger partial charge in [-0.2, -0.15) is 13.5 Å². The molecule has 2 bridgehead atoms. The summed E-state index contributed by atoms with van der Waals surface area (Å²) in [6.45, 7) is 0.685. The number of hydrogen-bond acceptors (Lipinski definition) is 8. The van der Waals surface area contributed by atoms with Crippen LogP contribution in [0.1, 0.15) is 28.9 Å². The van der Waals surface area contributed by atoms with E-state index >= 15 is 0 Å². The number of amides is 2. The predicted octanol–water partition coefficient (Wildman–Crippen LogP) is -0.970. The minimum atomic E-state index is -4.75. The van der Waals surface area contributed by atoms with E-state index in [0.29, 0.717) is 42.4 Å². The lowest BCUT2D eigenvalue weighted by molar-refractivity contribution is -0.0317. The van der Waals surface area contributed by atoms with Crippen molar-refractivity contribution in [3.8, 4) is 0 Å². The van der Waals surface area contributed by atoms with Crippen molar-refractivity contribution in [1.29, 1.82) is 0 Å². The predicted molar refractivity (Wildman–Crippen MR) is 86.6 cm³/mol. The zero-order valence-corrected chi connectivity index (χ0v) is 14.6. The third-order valence-electron chi connectivity index (χ3n) is 3.88. The third-order valence-corrected chi connectivity index (χ3v) is 5.32. The van der Waals surface area contributed by atoms with E-state index < -0.39 is 22.5 Å². The average molecular weight is 391 g/mol. The number of aromatic nitrogens is 2. The van der Waals surface area contributed by atoms with E-state index in [-0.39, 0.29) is 12.0 Å². The minimum absolute atomic E-state index is 0.00431. The van der Waals surface area contributed by atoms with Crippen LogP contribution in [0.4, 0.5) is 4.79 Å². The molecule has 0 aliphatic carbocycles. The summed E-state index contributed by atoms with van der Waals surface area (Å²) in [5.74, 6) is 0.00431. The Labute approximate surface area is 147 Å². The van der Waals surface area contributed by atoms with Gasteiger partial charge in [-0.25, -0.2) is 4.79 Å². The Morgan fingerprint density at radius 3 is 2.84 bits per heavy atom. The molecule has 2 unspecified atom stereocenters. The molecule has 1 aromatic rings. The first kappa shape index (κ1) is 17.8. The normalized spacial score (nSPS) is 23.2. The zero-order chi connectivity index (χ0) is 18.2. The number of urea groups is 1. The molecule has 2 atom stereocenters. The van der Waals surface area contributed by atoms with Gasteiger partial charge in [0.15, 0.2) is 5.96 Å². The van der Waals surface area contributed by atoms with Crippen LogP contribution in [0.5, 0.6) is 0 Å². The highest BCUT2D eigenvalue weighted by molar-refractivity contribution is 7.80. The number of hydroxylamine groups is 2. The lowest BCUT2D eigenvalue weighted by Gasteiger charge is -2.28. The number of piperidine rings is 1. The van der Waals surface area contributed by atoms with Gasteiger partial charge in [0.2, 0.25) is 0 Å². The molecule has 2 amide bonds. The summed E-state index contributed by atoms with van der Waals surface area (Å²) in [4.78, 5) is 17.7. The van der Waals surface area contributed by atoms with Crippen LogP contribution in [-0.4, -0.2) is 64.3 Å². The minimum Gasteiger partial charge on any atom is -0.370 e. The summed E-state index contributed by atoms with van der Waals surface area (Å²) in [6, 6.07) is -1.37. The van der Waals surface area contributed by atoms with Gasteiger partial charge in [0.25, 0.3) is 0 Å². The first-order chi connectivity index (χ1) is 11.7. The number of aliphatic imine (C=N–C) groups is 1.